The van der Waals surface area contributed by atoms with Gasteiger partial charge in [0.25, 0.3) is 0 Å². The van der Waals surface area contributed by atoms with Gasteiger partial charge in [0.15, 0.2) is 0 Å². The van der Waals surface area contributed by atoms with E-state index in [1.165, 1.54) is 0 Å². The van der Waals surface area contributed by atoms with Gasteiger partial charge in [-0.25, -0.2) is 0 Å². The molecule has 0 amide bonds. The van der Waals surface area contributed by atoms with Crippen LogP contribution in [-0.4, -0.2) is 34.7 Å². The largest absolute Gasteiger partial charge is 0.348 e. The minimum absolute atomic E-state index is 0.130. The molecule has 0 aromatic heterocycles. The molecule has 4 heteroatoms. The molecule has 2 saturated heterocycles. The van der Waals surface area contributed by atoms with E-state index in [0.29, 0.717) is 18.3 Å². The van der Waals surface area contributed by atoms with Gasteiger partial charge in [-0.05, 0) is 0 Å². The molecule has 2 fully saturated rings. The third kappa shape index (κ3) is 0.911. The second kappa shape index (κ2) is 2.04. The standard InChI is InChI=1S/C5H8O3S/c6-9-1-4-5(2-9)8-3-7-4/h4-5H,1-3H2. The normalized spacial score (nSPS) is 49.6. The predicted octanol–water partition coefficient (Wildman–Crippen LogP) is -0.510. The lowest BCUT2D eigenvalue weighted by Gasteiger charge is -2.00. The van der Waals surface area contributed by atoms with Crippen LogP contribution in [0.5, 0.6) is 0 Å². The molecule has 0 aromatic carbocycles. The predicted molar refractivity (Wildman–Crippen MR) is 32.5 cm³/mol. The van der Waals surface area contributed by atoms with Crippen molar-refractivity contribution in [2.24, 2.45) is 0 Å². The summed E-state index contributed by atoms with van der Waals surface area (Å²) in [4.78, 5) is 0. The van der Waals surface area contributed by atoms with E-state index in [2.05, 4.69) is 0 Å². The average molecular weight is 148 g/mol. The topological polar surface area (TPSA) is 35.5 Å². The van der Waals surface area contributed by atoms with Crippen LogP contribution in [0.15, 0.2) is 0 Å². The summed E-state index contributed by atoms with van der Waals surface area (Å²) in [5.41, 5.74) is 0. The van der Waals surface area contributed by atoms with Crippen molar-refractivity contribution >= 4 is 10.8 Å². The zero-order chi connectivity index (χ0) is 6.27. The first-order valence-corrected chi connectivity index (χ1v) is 4.43. The molecule has 2 aliphatic heterocycles. The van der Waals surface area contributed by atoms with E-state index in [9.17, 15) is 4.21 Å². The molecule has 9 heavy (non-hydrogen) atoms. The fourth-order valence-corrected chi connectivity index (χ4v) is 2.66. The van der Waals surface area contributed by atoms with E-state index >= 15 is 0 Å². The van der Waals surface area contributed by atoms with Crippen molar-refractivity contribution in [3.63, 3.8) is 0 Å². The van der Waals surface area contributed by atoms with E-state index in [4.69, 9.17) is 9.47 Å². The summed E-state index contributed by atoms with van der Waals surface area (Å²) in [6.45, 7) is 0.395. The lowest BCUT2D eigenvalue weighted by molar-refractivity contribution is 0.0427. The maximum atomic E-state index is 10.8. The van der Waals surface area contributed by atoms with Gasteiger partial charge in [-0.2, -0.15) is 0 Å². The van der Waals surface area contributed by atoms with Gasteiger partial charge in [0, 0.05) is 10.8 Å². The summed E-state index contributed by atoms with van der Waals surface area (Å²) in [6.07, 6.45) is 0.261. The number of fused-ring (bicyclic) bond motifs is 1. The van der Waals surface area contributed by atoms with Gasteiger partial charge < -0.3 is 9.47 Å². The van der Waals surface area contributed by atoms with E-state index in [1.54, 1.807) is 0 Å². The third-order valence-electron chi connectivity index (χ3n) is 1.68. The molecule has 0 saturated carbocycles. The molecular weight excluding hydrogens is 140 g/mol. The smallest absolute Gasteiger partial charge is 0.147 e. The van der Waals surface area contributed by atoms with Gasteiger partial charge in [-0.15, -0.1) is 0 Å². The second-order valence-electron chi connectivity index (χ2n) is 2.30. The first-order chi connectivity index (χ1) is 4.36. The quantitative estimate of drug-likeness (QED) is 0.464. The van der Waals surface area contributed by atoms with Gasteiger partial charge in [0.05, 0.1) is 23.7 Å². The maximum absolute atomic E-state index is 10.8. The van der Waals surface area contributed by atoms with E-state index < -0.39 is 10.8 Å². The Bertz CT molecular complexity index is 133. The van der Waals surface area contributed by atoms with E-state index in [0.717, 1.165) is 0 Å². The van der Waals surface area contributed by atoms with Crippen LogP contribution < -0.4 is 0 Å². The highest BCUT2D eigenvalue weighted by molar-refractivity contribution is 7.85. The van der Waals surface area contributed by atoms with Gasteiger partial charge in [0.1, 0.15) is 6.79 Å². The molecule has 2 unspecified atom stereocenters. The van der Waals surface area contributed by atoms with Gasteiger partial charge in [-0.3, -0.25) is 4.21 Å². The molecule has 2 heterocycles. The third-order valence-corrected chi connectivity index (χ3v) is 3.08. The van der Waals surface area contributed by atoms with Crippen molar-refractivity contribution in [3.8, 4) is 0 Å². The Kier molecular flexibility index (Phi) is 1.32. The summed E-state index contributed by atoms with van der Waals surface area (Å²) < 4.78 is 21.1. The summed E-state index contributed by atoms with van der Waals surface area (Å²) in [6, 6.07) is 0. The molecule has 0 N–H and O–H groups in total. The minimum Gasteiger partial charge on any atom is -0.348 e. The molecule has 0 aromatic rings. The van der Waals surface area contributed by atoms with E-state index in [-0.39, 0.29) is 12.2 Å². The second-order valence-corrected chi connectivity index (χ2v) is 3.85. The number of hydrogen-bond acceptors (Lipinski definition) is 3. The Morgan fingerprint density at radius 3 is 2.33 bits per heavy atom. The summed E-state index contributed by atoms with van der Waals surface area (Å²) in [5.74, 6) is 1.34. The summed E-state index contributed by atoms with van der Waals surface area (Å²) >= 11 is 0. The Labute approximate surface area is 55.8 Å². The molecule has 3 nitrogen and oxygen atoms in total. The Hall–Kier alpha value is 0.0700. The van der Waals surface area contributed by atoms with Crippen molar-refractivity contribution in [1.82, 2.24) is 0 Å². The highest BCUT2D eigenvalue weighted by Gasteiger charge is 2.37. The number of ether oxygens (including phenoxy) is 2. The molecule has 0 bridgehead atoms. The van der Waals surface area contributed by atoms with Crippen molar-refractivity contribution in [1.29, 1.82) is 0 Å². The van der Waals surface area contributed by atoms with Crippen molar-refractivity contribution in [3.05, 3.63) is 0 Å². The van der Waals surface area contributed by atoms with Crippen LogP contribution >= 0.6 is 0 Å². The molecular formula is C5H8O3S. The molecule has 2 aliphatic rings. The average Bonchev–Trinajstić information content (AvgIpc) is 2.22. The van der Waals surface area contributed by atoms with E-state index in [1.807, 2.05) is 0 Å². The number of hydrogen-bond donors (Lipinski definition) is 0. The zero-order valence-corrected chi connectivity index (χ0v) is 5.73. The SMILES string of the molecule is O=S1CC2OCOC2C1. The van der Waals surface area contributed by atoms with Crippen LogP contribution in [0.1, 0.15) is 0 Å². The van der Waals surface area contributed by atoms with Crippen molar-refractivity contribution in [2.45, 2.75) is 12.2 Å². The minimum atomic E-state index is -0.682. The first-order valence-electron chi connectivity index (χ1n) is 2.94. The lowest BCUT2D eigenvalue weighted by Crippen LogP contribution is -2.18. The van der Waals surface area contributed by atoms with Crippen molar-refractivity contribution < 1.29 is 13.7 Å². The molecule has 52 valence electrons. The summed E-state index contributed by atoms with van der Waals surface area (Å²) in [5, 5.41) is 0. The molecule has 0 aliphatic carbocycles. The van der Waals surface area contributed by atoms with Gasteiger partial charge in [0.2, 0.25) is 0 Å². The number of rotatable bonds is 0. The maximum Gasteiger partial charge on any atom is 0.147 e. The van der Waals surface area contributed by atoms with Crippen LogP contribution in [0, 0.1) is 0 Å². The molecule has 0 radical (unpaired) electrons. The lowest BCUT2D eigenvalue weighted by atomic mass is 10.3. The Morgan fingerprint density at radius 2 is 1.78 bits per heavy atom. The Morgan fingerprint density at radius 1 is 1.22 bits per heavy atom. The van der Waals surface area contributed by atoms with Crippen LogP contribution in [0.25, 0.3) is 0 Å². The Balaban J connectivity index is 2.09. The molecule has 0 spiro atoms. The van der Waals surface area contributed by atoms with Crippen LogP contribution in [0.3, 0.4) is 0 Å². The van der Waals surface area contributed by atoms with Gasteiger partial charge >= 0.3 is 0 Å². The molecule has 2 atom stereocenters. The highest BCUT2D eigenvalue weighted by Crippen LogP contribution is 2.21. The monoisotopic (exact) mass is 148 g/mol. The zero-order valence-electron chi connectivity index (χ0n) is 4.91. The van der Waals surface area contributed by atoms with Crippen LogP contribution in [-0.2, 0) is 20.3 Å². The first kappa shape index (κ1) is 5.82. The summed E-state index contributed by atoms with van der Waals surface area (Å²) in [7, 11) is -0.682. The van der Waals surface area contributed by atoms with Gasteiger partial charge in [-0.1, -0.05) is 0 Å². The highest BCUT2D eigenvalue weighted by atomic mass is 32.2. The van der Waals surface area contributed by atoms with Crippen LogP contribution in [0.4, 0.5) is 0 Å². The fraction of sp³-hybridized carbons (Fsp3) is 1.00. The van der Waals surface area contributed by atoms with Crippen LogP contribution in [0.2, 0.25) is 0 Å². The fourth-order valence-electron chi connectivity index (χ4n) is 1.17. The van der Waals surface area contributed by atoms with Crippen molar-refractivity contribution in [2.75, 3.05) is 18.3 Å². The molecule has 2 rings (SSSR count).